The Labute approximate surface area is 230 Å². The van der Waals surface area contributed by atoms with E-state index in [1.807, 2.05) is 52.2 Å². The molecule has 1 amide bonds. The molecule has 0 unspecified atom stereocenters. The smallest absolute Gasteiger partial charge is 0.219 e. The van der Waals surface area contributed by atoms with Gasteiger partial charge in [0.05, 0.1) is 5.69 Å². The summed E-state index contributed by atoms with van der Waals surface area (Å²) in [4.78, 5) is 23.9. The van der Waals surface area contributed by atoms with Crippen LogP contribution in [0, 0.1) is 0 Å². The summed E-state index contributed by atoms with van der Waals surface area (Å²) < 4.78 is 13.8. The lowest BCUT2D eigenvalue weighted by molar-refractivity contribution is -0.130. The Kier molecular flexibility index (Phi) is 8.15. The van der Waals surface area contributed by atoms with Crippen LogP contribution >= 0.6 is 0 Å². The van der Waals surface area contributed by atoms with Gasteiger partial charge in [0, 0.05) is 94.9 Å². The average molecular weight is 547 g/mol. The van der Waals surface area contributed by atoms with Gasteiger partial charge in [0.25, 0.3) is 0 Å². The summed E-state index contributed by atoms with van der Waals surface area (Å²) >= 11 is 0. The van der Waals surface area contributed by atoms with Crippen molar-refractivity contribution in [3.63, 3.8) is 0 Å². The summed E-state index contributed by atoms with van der Waals surface area (Å²) in [6, 6.07) is 15.2. The van der Waals surface area contributed by atoms with Gasteiger partial charge >= 0.3 is 0 Å². The molecule has 0 spiro atoms. The van der Waals surface area contributed by atoms with Crippen LogP contribution in [0.25, 0.3) is 22.2 Å². The molecule has 0 atom stereocenters. The van der Waals surface area contributed by atoms with E-state index < -0.39 is 8.07 Å². The molecule has 206 valence electrons. The first-order valence-electron chi connectivity index (χ1n) is 13.6. The van der Waals surface area contributed by atoms with Gasteiger partial charge in [-0.3, -0.25) is 9.69 Å². The second-order valence-corrected chi connectivity index (χ2v) is 17.0. The number of H-pyrrole nitrogens is 1. The number of fused-ring (bicyclic) bond motifs is 1. The first-order valence-corrected chi connectivity index (χ1v) is 17.3. The predicted molar refractivity (Wildman–Crippen MR) is 155 cm³/mol. The molecule has 10 heteroatoms. The molecule has 1 N–H and O–H groups in total. The van der Waals surface area contributed by atoms with Crippen LogP contribution in [0.4, 0.5) is 0 Å². The van der Waals surface area contributed by atoms with E-state index >= 15 is 0 Å². The molecule has 1 aliphatic rings. The van der Waals surface area contributed by atoms with Gasteiger partial charge in [-0.05, 0) is 42.4 Å². The highest BCUT2D eigenvalue weighted by Crippen LogP contribution is 2.27. The zero-order chi connectivity index (χ0) is 27.4. The van der Waals surface area contributed by atoms with Crippen molar-refractivity contribution in [1.29, 1.82) is 0 Å². The summed E-state index contributed by atoms with van der Waals surface area (Å²) in [5.74, 6) is 1.43. The van der Waals surface area contributed by atoms with Crippen LogP contribution in [-0.2, 0) is 22.8 Å². The highest BCUT2D eigenvalue weighted by molar-refractivity contribution is 6.76. The van der Waals surface area contributed by atoms with Crippen LogP contribution in [0.2, 0.25) is 25.7 Å². The van der Waals surface area contributed by atoms with E-state index in [0.717, 1.165) is 79.0 Å². The Balaban J connectivity index is 1.18. The number of pyridine rings is 1. The predicted octanol–water partition coefficient (Wildman–Crippen LogP) is 5.20. The zero-order valence-corrected chi connectivity index (χ0v) is 24.3. The van der Waals surface area contributed by atoms with Crippen LogP contribution in [0.1, 0.15) is 12.6 Å². The van der Waals surface area contributed by atoms with E-state index in [9.17, 15) is 4.79 Å². The van der Waals surface area contributed by atoms with Crippen molar-refractivity contribution in [3.8, 4) is 22.9 Å². The third-order valence-corrected chi connectivity index (χ3v) is 8.74. The molecular formula is C29H38N6O3Si. The summed E-state index contributed by atoms with van der Waals surface area (Å²) in [6.45, 7) is 14.0. The monoisotopic (exact) mass is 546 g/mol. The standard InChI is InChI=1S/C29H38N6O3Si/c1-22(36)34-13-11-33(12-14-34)20-25-17-24-18-26(6-7-27(24)32-25)38-29-8-5-23(19-30-29)28-9-10-31-35(28)21-37-15-16-39(2,3)4/h5-10,17-19,32H,11-16,20-21H2,1-4H3. The van der Waals surface area contributed by atoms with Gasteiger partial charge in [-0.1, -0.05) is 19.6 Å². The molecule has 0 bridgehead atoms. The molecule has 39 heavy (non-hydrogen) atoms. The molecule has 0 radical (unpaired) electrons. The lowest BCUT2D eigenvalue weighted by atomic mass is 10.2. The number of aromatic amines is 1. The van der Waals surface area contributed by atoms with Crippen molar-refractivity contribution in [2.45, 2.75) is 45.9 Å². The van der Waals surface area contributed by atoms with E-state index in [1.165, 1.54) is 0 Å². The van der Waals surface area contributed by atoms with E-state index in [0.29, 0.717) is 12.6 Å². The molecule has 4 heterocycles. The van der Waals surface area contributed by atoms with Crippen molar-refractivity contribution in [1.82, 2.24) is 29.5 Å². The van der Waals surface area contributed by atoms with Crippen molar-refractivity contribution < 1.29 is 14.3 Å². The van der Waals surface area contributed by atoms with Crippen LogP contribution < -0.4 is 4.74 Å². The molecule has 3 aromatic heterocycles. The molecule has 0 saturated carbocycles. The molecule has 4 aromatic rings. The number of nitrogens with zero attached hydrogens (tertiary/aromatic N) is 5. The van der Waals surface area contributed by atoms with E-state index in [2.05, 4.69) is 45.7 Å². The second kappa shape index (κ2) is 11.7. The molecule has 1 saturated heterocycles. The minimum absolute atomic E-state index is 0.154. The molecule has 1 fully saturated rings. The number of amides is 1. The maximum atomic E-state index is 11.6. The fourth-order valence-electron chi connectivity index (χ4n) is 4.70. The molecular weight excluding hydrogens is 508 g/mol. The third-order valence-electron chi connectivity index (χ3n) is 7.04. The highest BCUT2D eigenvalue weighted by Gasteiger charge is 2.19. The quantitative estimate of drug-likeness (QED) is 0.217. The molecule has 1 aliphatic heterocycles. The van der Waals surface area contributed by atoms with Crippen LogP contribution in [0.15, 0.2) is 54.9 Å². The number of carbonyl (C=O) groups excluding carboxylic acids is 1. The summed E-state index contributed by atoms with van der Waals surface area (Å²) in [7, 11) is -1.12. The SMILES string of the molecule is CC(=O)N1CCN(Cc2cc3cc(Oc4ccc(-c5ccnn5COCC[Si](C)(C)C)cn4)ccc3[nH]2)CC1. The summed E-state index contributed by atoms with van der Waals surface area (Å²) in [5.41, 5.74) is 4.15. The fraction of sp³-hybridized carbons (Fsp3) is 0.414. The first kappa shape index (κ1) is 27.1. The molecule has 0 aliphatic carbocycles. The number of hydrogen-bond donors (Lipinski definition) is 1. The molecule has 1 aromatic carbocycles. The fourth-order valence-corrected chi connectivity index (χ4v) is 5.46. The molecule has 5 rings (SSSR count). The number of carbonyl (C=O) groups is 1. The van der Waals surface area contributed by atoms with E-state index in [4.69, 9.17) is 9.47 Å². The largest absolute Gasteiger partial charge is 0.439 e. The van der Waals surface area contributed by atoms with Crippen molar-refractivity contribution >= 4 is 24.9 Å². The number of rotatable bonds is 10. The summed E-state index contributed by atoms with van der Waals surface area (Å²) in [6.07, 6.45) is 3.59. The third kappa shape index (κ3) is 7.14. The van der Waals surface area contributed by atoms with Crippen molar-refractivity contribution in [2.75, 3.05) is 32.8 Å². The average Bonchev–Trinajstić information content (AvgIpc) is 3.53. The zero-order valence-electron chi connectivity index (χ0n) is 23.3. The Morgan fingerprint density at radius 3 is 2.59 bits per heavy atom. The number of ether oxygens (including phenoxy) is 2. The van der Waals surface area contributed by atoms with E-state index in [1.54, 1.807) is 13.1 Å². The van der Waals surface area contributed by atoms with Crippen molar-refractivity contribution in [2.24, 2.45) is 0 Å². The maximum Gasteiger partial charge on any atom is 0.219 e. The molecule has 9 nitrogen and oxygen atoms in total. The van der Waals surface area contributed by atoms with Gasteiger partial charge in [-0.25, -0.2) is 9.67 Å². The van der Waals surface area contributed by atoms with Crippen LogP contribution in [0.5, 0.6) is 11.6 Å². The van der Waals surface area contributed by atoms with Crippen molar-refractivity contribution in [3.05, 3.63) is 60.6 Å². The Hall–Kier alpha value is -3.47. The Morgan fingerprint density at radius 1 is 1.05 bits per heavy atom. The highest BCUT2D eigenvalue weighted by atomic mass is 28.3. The second-order valence-electron chi connectivity index (χ2n) is 11.4. The Bertz CT molecular complexity index is 1400. The normalized spacial score (nSPS) is 14.7. The minimum Gasteiger partial charge on any atom is -0.439 e. The van der Waals surface area contributed by atoms with Gasteiger partial charge in [-0.15, -0.1) is 0 Å². The summed E-state index contributed by atoms with van der Waals surface area (Å²) in [5, 5.41) is 5.51. The number of aromatic nitrogens is 4. The number of hydrogen-bond acceptors (Lipinski definition) is 6. The topological polar surface area (TPSA) is 88.5 Å². The lowest BCUT2D eigenvalue weighted by Gasteiger charge is -2.33. The van der Waals surface area contributed by atoms with Crippen LogP contribution in [0.3, 0.4) is 0 Å². The van der Waals surface area contributed by atoms with E-state index in [-0.39, 0.29) is 5.91 Å². The van der Waals surface area contributed by atoms with Gasteiger partial charge in [0.1, 0.15) is 12.5 Å². The first-order chi connectivity index (χ1) is 18.7. The number of nitrogens with one attached hydrogen (secondary N) is 1. The van der Waals surface area contributed by atoms with Gasteiger partial charge < -0.3 is 19.4 Å². The maximum absolute atomic E-state index is 11.6. The minimum atomic E-state index is -1.12. The van der Waals surface area contributed by atoms with Gasteiger partial charge in [-0.2, -0.15) is 5.10 Å². The van der Waals surface area contributed by atoms with Gasteiger partial charge in [0.2, 0.25) is 11.8 Å². The van der Waals surface area contributed by atoms with Crippen LogP contribution in [-0.4, -0.2) is 76.3 Å². The lowest BCUT2D eigenvalue weighted by Crippen LogP contribution is -2.47. The Morgan fingerprint density at radius 2 is 1.87 bits per heavy atom. The number of piperazine rings is 1. The van der Waals surface area contributed by atoms with Gasteiger partial charge in [0.15, 0.2) is 0 Å². The number of benzene rings is 1.